The summed E-state index contributed by atoms with van der Waals surface area (Å²) in [4.78, 5) is 14.4. The molecule has 1 fully saturated rings. The van der Waals surface area contributed by atoms with Crippen molar-refractivity contribution in [3.8, 4) is 0 Å². The number of rotatable bonds is 6. The lowest BCUT2D eigenvalue weighted by molar-refractivity contribution is -0.132. The Labute approximate surface area is 105 Å². The van der Waals surface area contributed by atoms with E-state index >= 15 is 0 Å². The maximum atomic E-state index is 12.3. The first-order valence-corrected chi connectivity index (χ1v) is 6.63. The van der Waals surface area contributed by atoms with Gasteiger partial charge in [0.05, 0.1) is 5.41 Å². The molecular weight excluding hydrogens is 214 g/mol. The third-order valence-electron chi connectivity index (χ3n) is 3.81. The fourth-order valence-electron chi connectivity index (χ4n) is 2.43. The third-order valence-corrected chi connectivity index (χ3v) is 3.81. The molecule has 1 aliphatic rings. The molecule has 0 aromatic rings. The van der Waals surface area contributed by atoms with Crippen molar-refractivity contribution in [2.75, 3.05) is 40.3 Å². The first-order chi connectivity index (χ1) is 7.99. The zero-order valence-corrected chi connectivity index (χ0v) is 11.7. The van der Waals surface area contributed by atoms with E-state index in [1.807, 2.05) is 0 Å². The van der Waals surface area contributed by atoms with Gasteiger partial charge in [-0.2, -0.15) is 0 Å². The molecule has 0 radical (unpaired) electrons. The van der Waals surface area contributed by atoms with E-state index in [2.05, 4.69) is 43.5 Å². The smallest absolute Gasteiger partial charge is 0.227 e. The Morgan fingerprint density at radius 3 is 2.65 bits per heavy atom. The highest BCUT2D eigenvalue weighted by Crippen LogP contribution is 2.34. The van der Waals surface area contributed by atoms with Crippen LogP contribution in [0.25, 0.3) is 0 Å². The Balaban J connectivity index is 2.39. The van der Waals surface area contributed by atoms with Gasteiger partial charge in [-0.15, -0.1) is 0 Å². The molecule has 1 rings (SSSR count). The van der Waals surface area contributed by atoms with E-state index in [1.54, 1.807) is 0 Å². The minimum absolute atomic E-state index is 0.182. The average molecular weight is 241 g/mol. The fourth-order valence-corrected chi connectivity index (χ4v) is 2.43. The molecule has 4 nitrogen and oxygen atoms in total. The van der Waals surface area contributed by atoms with Gasteiger partial charge < -0.3 is 15.5 Å². The lowest BCUT2D eigenvalue weighted by Gasteiger charge is -2.31. The zero-order chi connectivity index (χ0) is 12.9. The summed E-state index contributed by atoms with van der Waals surface area (Å²) in [5, 5.41) is 6.41. The van der Waals surface area contributed by atoms with Crippen LogP contribution >= 0.6 is 0 Å². The second-order valence-electron chi connectivity index (χ2n) is 5.65. The maximum absolute atomic E-state index is 12.3. The van der Waals surface area contributed by atoms with E-state index in [4.69, 9.17) is 0 Å². The maximum Gasteiger partial charge on any atom is 0.227 e. The zero-order valence-electron chi connectivity index (χ0n) is 11.7. The van der Waals surface area contributed by atoms with Gasteiger partial charge in [-0.3, -0.25) is 4.79 Å². The molecule has 1 saturated heterocycles. The first kappa shape index (κ1) is 14.5. The Morgan fingerprint density at radius 1 is 1.47 bits per heavy atom. The second-order valence-corrected chi connectivity index (χ2v) is 5.65. The van der Waals surface area contributed by atoms with Gasteiger partial charge in [0.2, 0.25) is 5.91 Å². The summed E-state index contributed by atoms with van der Waals surface area (Å²) in [7, 11) is 4.11. The molecule has 1 heterocycles. The van der Waals surface area contributed by atoms with Gasteiger partial charge in [0, 0.05) is 13.1 Å². The standard InChI is InChI=1S/C13H27N3O/c1-11(2)13(6-8-14-10-13)12(17)15-7-5-9-16(3)4/h11,14H,5-10H2,1-4H3,(H,15,17). The molecule has 1 aliphatic heterocycles. The van der Waals surface area contributed by atoms with Crippen LogP contribution in [0.4, 0.5) is 0 Å². The lowest BCUT2D eigenvalue weighted by Crippen LogP contribution is -2.46. The normalized spacial score (nSPS) is 24.6. The molecule has 0 aliphatic carbocycles. The molecule has 17 heavy (non-hydrogen) atoms. The number of carbonyl (C=O) groups excluding carboxylic acids is 1. The number of nitrogens with zero attached hydrogens (tertiary/aromatic N) is 1. The number of carbonyl (C=O) groups is 1. The number of hydrogen-bond acceptors (Lipinski definition) is 3. The van der Waals surface area contributed by atoms with Gasteiger partial charge in [-0.1, -0.05) is 13.8 Å². The SMILES string of the molecule is CC(C)C1(C(=O)NCCCN(C)C)CCNC1. The minimum atomic E-state index is -0.182. The summed E-state index contributed by atoms with van der Waals surface area (Å²) in [5.41, 5.74) is -0.182. The van der Waals surface area contributed by atoms with Crippen LogP contribution in [-0.4, -0.2) is 51.1 Å². The van der Waals surface area contributed by atoms with E-state index in [0.29, 0.717) is 5.92 Å². The summed E-state index contributed by atoms with van der Waals surface area (Å²) in [5.74, 6) is 0.627. The molecule has 0 aromatic carbocycles. The van der Waals surface area contributed by atoms with Gasteiger partial charge >= 0.3 is 0 Å². The monoisotopic (exact) mass is 241 g/mol. The highest BCUT2D eigenvalue weighted by atomic mass is 16.2. The number of hydrogen-bond donors (Lipinski definition) is 2. The van der Waals surface area contributed by atoms with Gasteiger partial charge in [0.1, 0.15) is 0 Å². The van der Waals surface area contributed by atoms with Crippen molar-refractivity contribution in [3.63, 3.8) is 0 Å². The Kier molecular flexibility index (Phi) is 5.40. The molecule has 1 unspecified atom stereocenters. The van der Waals surface area contributed by atoms with Gasteiger partial charge in [-0.05, 0) is 45.9 Å². The second kappa shape index (κ2) is 6.36. The van der Waals surface area contributed by atoms with Gasteiger partial charge in [0.25, 0.3) is 0 Å². The van der Waals surface area contributed by atoms with Crippen molar-refractivity contribution in [1.82, 2.24) is 15.5 Å². The van der Waals surface area contributed by atoms with Crippen molar-refractivity contribution in [3.05, 3.63) is 0 Å². The van der Waals surface area contributed by atoms with Gasteiger partial charge in [-0.25, -0.2) is 0 Å². The van der Waals surface area contributed by atoms with E-state index in [1.165, 1.54) is 0 Å². The quantitative estimate of drug-likeness (QED) is 0.673. The largest absolute Gasteiger partial charge is 0.356 e. The third kappa shape index (κ3) is 3.68. The predicted octanol–water partition coefficient (Wildman–Crippen LogP) is 0.690. The van der Waals surface area contributed by atoms with Crippen molar-refractivity contribution in [1.29, 1.82) is 0 Å². The highest BCUT2D eigenvalue weighted by molar-refractivity contribution is 5.83. The van der Waals surface area contributed by atoms with Crippen LogP contribution in [-0.2, 0) is 4.79 Å². The van der Waals surface area contributed by atoms with Gasteiger partial charge in [0.15, 0.2) is 0 Å². The average Bonchev–Trinajstić information content (AvgIpc) is 2.74. The summed E-state index contributed by atoms with van der Waals surface area (Å²) < 4.78 is 0. The summed E-state index contributed by atoms with van der Waals surface area (Å²) in [6.07, 6.45) is 1.98. The fraction of sp³-hybridized carbons (Fsp3) is 0.923. The van der Waals surface area contributed by atoms with Crippen LogP contribution < -0.4 is 10.6 Å². The molecule has 0 spiro atoms. The Morgan fingerprint density at radius 2 is 2.18 bits per heavy atom. The molecule has 100 valence electrons. The van der Waals surface area contributed by atoms with Crippen LogP contribution in [0.2, 0.25) is 0 Å². The van der Waals surface area contributed by atoms with E-state index in [9.17, 15) is 4.79 Å². The van der Waals surface area contributed by atoms with E-state index in [0.717, 1.165) is 39.0 Å². The highest BCUT2D eigenvalue weighted by Gasteiger charge is 2.43. The van der Waals surface area contributed by atoms with Crippen molar-refractivity contribution in [2.45, 2.75) is 26.7 Å². The Hall–Kier alpha value is -0.610. The molecule has 0 saturated carbocycles. The minimum Gasteiger partial charge on any atom is -0.356 e. The molecule has 1 atom stereocenters. The Bertz CT molecular complexity index is 245. The number of nitrogens with one attached hydrogen (secondary N) is 2. The van der Waals surface area contributed by atoms with Crippen LogP contribution in [0.3, 0.4) is 0 Å². The van der Waals surface area contributed by atoms with E-state index < -0.39 is 0 Å². The molecular formula is C13H27N3O. The molecule has 0 aromatic heterocycles. The molecule has 0 bridgehead atoms. The van der Waals surface area contributed by atoms with Crippen LogP contribution in [0, 0.1) is 11.3 Å². The van der Waals surface area contributed by atoms with Crippen molar-refractivity contribution >= 4 is 5.91 Å². The van der Waals surface area contributed by atoms with Crippen molar-refractivity contribution < 1.29 is 4.79 Å². The lowest BCUT2D eigenvalue weighted by atomic mass is 9.75. The van der Waals surface area contributed by atoms with E-state index in [-0.39, 0.29) is 11.3 Å². The molecule has 4 heteroatoms. The number of amides is 1. The van der Waals surface area contributed by atoms with Crippen molar-refractivity contribution in [2.24, 2.45) is 11.3 Å². The molecule has 2 N–H and O–H groups in total. The topological polar surface area (TPSA) is 44.4 Å². The van der Waals surface area contributed by atoms with Crippen LogP contribution in [0.1, 0.15) is 26.7 Å². The summed E-state index contributed by atoms with van der Waals surface area (Å²) in [6.45, 7) is 7.88. The van der Waals surface area contributed by atoms with Crippen LogP contribution in [0.15, 0.2) is 0 Å². The predicted molar refractivity (Wildman–Crippen MR) is 70.9 cm³/mol. The van der Waals surface area contributed by atoms with Crippen LogP contribution in [0.5, 0.6) is 0 Å². The molecule has 1 amide bonds. The summed E-state index contributed by atoms with van der Waals surface area (Å²) >= 11 is 0. The first-order valence-electron chi connectivity index (χ1n) is 6.63. The summed E-state index contributed by atoms with van der Waals surface area (Å²) in [6, 6.07) is 0.